The average Bonchev–Trinajstić information content (AvgIpc) is 2.26. The molecule has 0 atom stereocenters. The lowest BCUT2D eigenvalue weighted by Crippen LogP contribution is -2.30. The first kappa shape index (κ1) is 10.5. The van der Waals surface area contributed by atoms with Gasteiger partial charge in [-0.1, -0.05) is 23.4 Å². The number of rotatable bonds is 4. The normalized spacial score (nSPS) is 11.4. The zero-order chi connectivity index (χ0) is 10.4. The highest BCUT2D eigenvalue weighted by Gasteiger charge is 2.03. The molecule has 4 heteroatoms. The molecule has 1 rings (SSSR count). The fourth-order valence-electron chi connectivity index (χ4n) is 1.18. The van der Waals surface area contributed by atoms with Crippen LogP contribution in [0.5, 0.6) is 0 Å². The maximum absolute atomic E-state index is 8.60. The Balaban J connectivity index is 2.63. The minimum absolute atomic E-state index is 0.272. The van der Waals surface area contributed by atoms with E-state index < -0.39 is 0 Å². The fraction of sp³-hybridized carbons (Fsp3) is 0.300. The molecule has 0 saturated heterocycles. The van der Waals surface area contributed by atoms with E-state index in [1.54, 1.807) is 0 Å². The smallest absolute Gasteiger partial charge is 0.0898 e. The van der Waals surface area contributed by atoms with E-state index in [0.29, 0.717) is 12.3 Å². The van der Waals surface area contributed by atoms with Gasteiger partial charge >= 0.3 is 0 Å². The van der Waals surface area contributed by atoms with Crippen molar-refractivity contribution in [1.29, 1.82) is 0 Å². The van der Waals surface area contributed by atoms with Gasteiger partial charge in [-0.3, -0.25) is 0 Å². The molecule has 0 aliphatic rings. The van der Waals surface area contributed by atoms with E-state index in [9.17, 15) is 0 Å². The van der Waals surface area contributed by atoms with E-state index >= 15 is 0 Å². The quantitative estimate of drug-likeness (QED) is 0.424. The third kappa shape index (κ3) is 2.74. The summed E-state index contributed by atoms with van der Waals surface area (Å²) < 4.78 is 0. The van der Waals surface area contributed by atoms with Crippen molar-refractivity contribution in [3.8, 4) is 0 Å². The lowest BCUT2D eigenvalue weighted by Gasteiger charge is -2.18. The van der Waals surface area contributed by atoms with Crippen LogP contribution in [0.15, 0.2) is 35.5 Å². The number of benzene rings is 1. The molecule has 0 fully saturated rings. The number of hydrogen-bond donors (Lipinski definition) is 2. The van der Waals surface area contributed by atoms with Crippen LogP contribution in [0.1, 0.15) is 0 Å². The molecule has 0 amide bonds. The predicted molar refractivity (Wildman–Crippen MR) is 58.0 cm³/mol. The molecule has 0 radical (unpaired) electrons. The third-order valence-corrected chi connectivity index (χ3v) is 1.99. The predicted octanol–water partition coefficient (Wildman–Crippen LogP) is 0.912. The average molecular weight is 193 g/mol. The SMILES string of the molecule is CN(C/C(CN)=N/O)c1ccccc1. The van der Waals surface area contributed by atoms with Gasteiger partial charge in [0.25, 0.3) is 0 Å². The summed E-state index contributed by atoms with van der Waals surface area (Å²) >= 11 is 0. The van der Waals surface area contributed by atoms with Crippen LogP contribution >= 0.6 is 0 Å². The highest BCUT2D eigenvalue weighted by Crippen LogP contribution is 2.10. The third-order valence-electron chi connectivity index (χ3n) is 1.99. The van der Waals surface area contributed by atoms with Crippen molar-refractivity contribution in [2.75, 3.05) is 25.0 Å². The zero-order valence-corrected chi connectivity index (χ0v) is 8.22. The standard InChI is InChI=1S/C10H15N3O/c1-13(8-9(7-11)12-14)10-5-3-2-4-6-10/h2-6,14H,7-8,11H2,1H3/b12-9+. The minimum Gasteiger partial charge on any atom is -0.411 e. The molecule has 0 unspecified atom stereocenters. The van der Waals surface area contributed by atoms with Gasteiger partial charge in [-0.05, 0) is 12.1 Å². The fourth-order valence-corrected chi connectivity index (χ4v) is 1.18. The van der Waals surface area contributed by atoms with Gasteiger partial charge < -0.3 is 15.8 Å². The first-order chi connectivity index (χ1) is 6.77. The molecule has 4 nitrogen and oxygen atoms in total. The molecule has 0 aliphatic carbocycles. The summed E-state index contributed by atoms with van der Waals surface area (Å²) in [6, 6.07) is 9.87. The van der Waals surface area contributed by atoms with Crippen LogP contribution in [0.25, 0.3) is 0 Å². The highest BCUT2D eigenvalue weighted by molar-refractivity contribution is 5.89. The molecule has 1 aromatic rings. The molecule has 0 saturated carbocycles. The summed E-state index contributed by atoms with van der Waals surface area (Å²) in [4.78, 5) is 1.97. The Labute approximate surface area is 83.6 Å². The van der Waals surface area contributed by atoms with Crippen LogP contribution in [-0.2, 0) is 0 Å². The van der Waals surface area contributed by atoms with Crippen LogP contribution in [0.4, 0.5) is 5.69 Å². The number of nitrogens with zero attached hydrogens (tertiary/aromatic N) is 2. The Morgan fingerprint density at radius 1 is 1.43 bits per heavy atom. The van der Waals surface area contributed by atoms with E-state index in [-0.39, 0.29) is 6.54 Å². The zero-order valence-electron chi connectivity index (χ0n) is 8.22. The second kappa shape index (κ2) is 5.24. The summed E-state index contributed by atoms with van der Waals surface area (Å²) in [6.07, 6.45) is 0. The van der Waals surface area contributed by atoms with E-state index in [1.165, 1.54) is 0 Å². The Morgan fingerprint density at radius 3 is 2.57 bits per heavy atom. The van der Waals surface area contributed by atoms with Crippen LogP contribution < -0.4 is 10.6 Å². The van der Waals surface area contributed by atoms with E-state index in [0.717, 1.165) is 5.69 Å². The van der Waals surface area contributed by atoms with Crippen molar-refractivity contribution >= 4 is 11.4 Å². The van der Waals surface area contributed by atoms with Gasteiger partial charge in [0, 0.05) is 19.3 Å². The summed E-state index contributed by atoms with van der Waals surface area (Å²) in [5.41, 5.74) is 7.03. The molecule has 0 aliphatic heterocycles. The van der Waals surface area contributed by atoms with Gasteiger partial charge in [-0.2, -0.15) is 0 Å². The maximum Gasteiger partial charge on any atom is 0.0898 e. The van der Waals surface area contributed by atoms with E-state index in [4.69, 9.17) is 10.9 Å². The van der Waals surface area contributed by atoms with E-state index in [1.807, 2.05) is 42.3 Å². The molecule has 14 heavy (non-hydrogen) atoms. The topological polar surface area (TPSA) is 61.8 Å². The van der Waals surface area contributed by atoms with Crippen molar-refractivity contribution in [3.05, 3.63) is 30.3 Å². The van der Waals surface area contributed by atoms with Crippen molar-refractivity contribution in [2.45, 2.75) is 0 Å². The van der Waals surface area contributed by atoms with Crippen molar-refractivity contribution in [1.82, 2.24) is 0 Å². The van der Waals surface area contributed by atoms with E-state index in [2.05, 4.69) is 5.16 Å². The van der Waals surface area contributed by atoms with Crippen LogP contribution in [0.2, 0.25) is 0 Å². The Hall–Kier alpha value is -1.55. The van der Waals surface area contributed by atoms with Crippen LogP contribution in [0, 0.1) is 0 Å². The number of hydrogen-bond acceptors (Lipinski definition) is 4. The number of nitrogens with two attached hydrogens (primary N) is 1. The summed E-state index contributed by atoms with van der Waals surface area (Å²) in [6.45, 7) is 0.810. The Kier molecular flexibility index (Phi) is 3.94. The van der Waals surface area contributed by atoms with Crippen molar-refractivity contribution in [2.24, 2.45) is 10.9 Å². The number of para-hydroxylation sites is 1. The Morgan fingerprint density at radius 2 is 2.07 bits per heavy atom. The molecule has 3 N–H and O–H groups in total. The Bertz CT molecular complexity index is 297. The largest absolute Gasteiger partial charge is 0.411 e. The van der Waals surface area contributed by atoms with Gasteiger partial charge in [0.05, 0.1) is 12.3 Å². The monoisotopic (exact) mass is 193 g/mol. The second-order valence-electron chi connectivity index (χ2n) is 3.06. The minimum atomic E-state index is 0.272. The van der Waals surface area contributed by atoms with Gasteiger partial charge in [0.2, 0.25) is 0 Å². The van der Waals surface area contributed by atoms with Crippen LogP contribution in [0.3, 0.4) is 0 Å². The second-order valence-corrected chi connectivity index (χ2v) is 3.06. The molecule has 0 bridgehead atoms. The number of oxime groups is 1. The van der Waals surface area contributed by atoms with Gasteiger partial charge in [-0.25, -0.2) is 0 Å². The summed E-state index contributed by atoms with van der Waals surface area (Å²) in [5, 5.41) is 11.7. The molecule has 1 aromatic carbocycles. The van der Waals surface area contributed by atoms with Crippen molar-refractivity contribution < 1.29 is 5.21 Å². The van der Waals surface area contributed by atoms with Crippen molar-refractivity contribution in [3.63, 3.8) is 0 Å². The molecule has 0 spiro atoms. The first-order valence-electron chi connectivity index (χ1n) is 4.44. The molecule has 0 heterocycles. The highest BCUT2D eigenvalue weighted by atomic mass is 16.4. The lowest BCUT2D eigenvalue weighted by molar-refractivity contribution is 0.317. The lowest BCUT2D eigenvalue weighted by atomic mass is 10.2. The molecular weight excluding hydrogens is 178 g/mol. The van der Waals surface area contributed by atoms with Gasteiger partial charge in [-0.15, -0.1) is 0 Å². The van der Waals surface area contributed by atoms with Gasteiger partial charge in [0.15, 0.2) is 0 Å². The molecular formula is C10H15N3O. The molecule has 0 aromatic heterocycles. The summed E-state index contributed by atoms with van der Waals surface area (Å²) in [7, 11) is 1.93. The first-order valence-corrected chi connectivity index (χ1v) is 4.44. The van der Waals surface area contributed by atoms with Gasteiger partial charge in [0.1, 0.15) is 0 Å². The summed E-state index contributed by atoms with van der Waals surface area (Å²) in [5.74, 6) is 0. The van der Waals surface area contributed by atoms with Crippen LogP contribution in [-0.4, -0.2) is 31.1 Å². The maximum atomic E-state index is 8.60. The molecule has 76 valence electrons. The number of anilines is 1.